The molecule has 3 aromatic rings. The first-order valence-corrected chi connectivity index (χ1v) is 11.3. The lowest BCUT2D eigenvalue weighted by Crippen LogP contribution is -2.39. The van der Waals surface area contributed by atoms with Gasteiger partial charge in [0.15, 0.2) is 0 Å². The van der Waals surface area contributed by atoms with Gasteiger partial charge in [0, 0.05) is 18.8 Å². The highest BCUT2D eigenvalue weighted by atomic mass is 16.3. The minimum atomic E-state index is -0.296. The van der Waals surface area contributed by atoms with Gasteiger partial charge >= 0.3 is 0 Å². The molecular formula is C26H30N2O4. The molecule has 4 rings (SSSR count). The van der Waals surface area contributed by atoms with Crippen molar-refractivity contribution in [2.24, 2.45) is 0 Å². The van der Waals surface area contributed by atoms with Crippen LogP contribution in [0.5, 0.6) is 0 Å². The van der Waals surface area contributed by atoms with Gasteiger partial charge < -0.3 is 19.0 Å². The Hall–Kier alpha value is -3.12. The standard InChI is InChI=1S/C26H30N2O4/c1-19-13-16-28(21-9-11-22(29)12-10-21)26(31)24(19)25(30)27(18-23-8-5-17-32-23)15-14-20-6-3-2-4-7-20/h2-8,13,16-17,21-22,29H,9-12,14-15,18H2,1H3. The van der Waals surface area contributed by atoms with Crippen molar-refractivity contribution < 1.29 is 14.3 Å². The summed E-state index contributed by atoms with van der Waals surface area (Å²) in [5.41, 5.74) is 1.78. The number of amides is 1. The van der Waals surface area contributed by atoms with Crippen LogP contribution in [0.4, 0.5) is 0 Å². The van der Waals surface area contributed by atoms with Gasteiger partial charge in [-0.05, 0) is 68.4 Å². The van der Waals surface area contributed by atoms with Crippen LogP contribution >= 0.6 is 0 Å². The lowest BCUT2D eigenvalue weighted by atomic mass is 9.92. The van der Waals surface area contributed by atoms with Gasteiger partial charge in [0.2, 0.25) is 0 Å². The lowest BCUT2D eigenvalue weighted by molar-refractivity contribution is 0.0728. The molecule has 6 heteroatoms. The van der Waals surface area contributed by atoms with E-state index in [0.29, 0.717) is 43.7 Å². The van der Waals surface area contributed by atoms with Crippen LogP contribution in [-0.2, 0) is 13.0 Å². The van der Waals surface area contributed by atoms with Gasteiger partial charge in [0.25, 0.3) is 11.5 Å². The van der Waals surface area contributed by atoms with Crippen LogP contribution in [0.15, 0.2) is 70.2 Å². The van der Waals surface area contributed by atoms with Crippen LogP contribution in [0, 0.1) is 6.92 Å². The Kier molecular flexibility index (Phi) is 6.90. The number of aliphatic hydroxyl groups is 1. The minimum Gasteiger partial charge on any atom is -0.467 e. The van der Waals surface area contributed by atoms with Crippen LogP contribution in [0.3, 0.4) is 0 Å². The third kappa shape index (κ3) is 5.02. The zero-order chi connectivity index (χ0) is 22.5. The molecule has 168 valence electrons. The summed E-state index contributed by atoms with van der Waals surface area (Å²) in [6.07, 6.45) is 6.60. The molecule has 0 spiro atoms. The maximum absolute atomic E-state index is 13.7. The molecule has 32 heavy (non-hydrogen) atoms. The second-order valence-electron chi connectivity index (χ2n) is 8.59. The Morgan fingerprint density at radius 2 is 1.84 bits per heavy atom. The van der Waals surface area contributed by atoms with Crippen LogP contribution in [0.1, 0.15) is 59.0 Å². The van der Waals surface area contributed by atoms with E-state index in [1.165, 1.54) is 0 Å². The summed E-state index contributed by atoms with van der Waals surface area (Å²) in [5.74, 6) is 0.409. The average Bonchev–Trinajstić information content (AvgIpc) is 3.31. The topological polar surface area (TPSA) is 75.7 Å². The molecule has 0 saturated heterocycles. The molecule has 1 aliphatic rings. The Labute approximate surface area is 188 Å². The second kappa shape index (κ2) is 10.0. The first-order chi connectivity index (χ1) is 15.5. The van der Waals surface area contributed by atoms with E-state index >= 15 is 0 Å². The highest BCUT2D eigenvalue weighted by molar-refractivity contribution is 5.95. The number of furan rings is 1. The Morgan fingerprint density at radius 1 is 1.09 bits per heavy atom. The number of benzene rings is 1. The number of pyridine rings is 1. The third-order valence-electron chi connectivity index (χ3n) is 6.33. The number of aromatic nitrogens is 1. The van der Waals surface area contributed by atoms with Crippen molar-refractivity contribution in [1.29, 1.82) is 0 Å². The number of hydrogen-bond donors (Lipinski definition) is 1. The lowest BCUT2D eigenvalue weighted by Gasteiger charge is -2.28. The summed E-state index contributed by atoms with van der Waals surface area (Å²) in [4.78, 5) is 28.8. The number of aliphatic hydroxyl groups excluding tert-OH is 1. The molecule has 1 aliphatic carbocycles. The van der Waals surface area contributed by atoms with Crippen molar-refractivity contribution in [2.75, 3.05) is 6.54 Å². The van der Waals surface area contributed by atoms with E-state index in [4.69, 9.17) is 4.42 Å². The summed E-state index contributed by atoms with van der Waals surface area (Å²) >= 11 is 0. The van der Waals surface area contributed by atoms with E-state index in [0.717, 1.165) is 18.4 Å². The predicted octanol–water partition coefficient (Wildman–Crippen LogP) is 4.11. The van der Waals surface area contributed by atoms with E-state index in [1.807, 2.05) is 49.4 Å². The maximum atomic E-state index is 13.7. The normalized spacial score (nSPS) is 18.4. The molecule has 0 atom stereocenters. The maximum Gasteiger partial charge on any atom is 0.263 e. The minimum absolute atomic E-state index is 0.0147. The van der Waals surface area contributed by atoms with Gasteiger partial charge in [-0.15, -0.1) is 0 Å². The van der Waals surface area contributed by atoms with E-state index in [9.17, 15) is 14.7 Å². The molecule has 6 nitrogen and oxygen atoms in total. The van der Waals surface area contributed by atoms with Crippen molar-refractivity contribution in [3.63, 3.8) is 0 Å². The molecule has 2 aromatic heterocycles. The number of carbonyl (C=O) groups excluding carboxylic acids is 1. The first kappa shape index (κ1) is 22.1. The monoisotopic (exact) mass is 434 g/mol. The van der Waals surface area contributed by atoms with E-state index in [-0.39, 0.29) is 29.2 Å². The van der Waals surface area contributed by atoms with Crippen molar-refractivity contribution >= 4 is 5.91 Å². The SMILES string of the molecule is Cc1ccn(C2CCC(O)CC2)c(=O)c1C(=O)N(CCc1ccccc1)Cc1ccco1. The predicted molar refractivity (Wildman–Crippen MR) is 123 cm³/mol. The largest absolute Gasteiger partial charge is 0.467 e. The molecule has 1 aromatic carbocycles. The molecule has 2 heterocycles. The Bertz CT molecular complexity index is 1080. The van der Waals surface area contributed by atoms with Crippen molar-refractivity contribution in [3.8, 4) is 0 Å². The summed E-state index contributed by atoms with van der Waals surface area (Å²) in [5, 5.41) is 9.82. The number of carbonyl (C=O) groups is 1. The zero-order valence-corrected chi connectivity index (χ0v) is 18.4. The molecule has 1 N–H and O–H groups in total. The summed E-state index contributed by atoms with van der Waals surface area (Å²) in [6, 6.07) is 15.5. The van der Waals surface area contributed by atoms with Crippen LogP contribution in [0.25, 0.3) is 0 Å². The summed E-state index contributed by atoms with van der Waals surface area (Å²) < 4.78 is 7.18. The van der Waals surface area contributed by atoms with Gasteiger partial charge in [-0.2, -0.15) is 0 Å². The fraction of sp³-hybridized carbons (Fsp3) is 0.385. The highest BCUT2D eigenvalue weighted by Gasteiger charge is 2.26. The first-order valence-electron chi connectivity index (χ1n) is 11.3. The number of hydrogen-bond acceptors (Lipinski definition) is 4. The number of rotatable bonds is 7. The van der Waals surface area contributed by atoms with E-state index in [1.54, 1.807) is 28.0 Å². The van der Waals surface area contributed by atoms with Gasteiger partial charge in [0.1, 0.15) is 11.3 Å². The quantitative estimate of drug-likeness (QED) is 0.607. The fourth-order valence-electron chi connectivity index (χ4n) is 4.43. The van der Waals surface area contributed by atoms with Gasteiger partial charge in [-0.25, -0.2) is 0 Å². The smallest absolute Gasteiger partial charge is 0.263 e. The third-order valence-corrected chi connectivity index (χ3v) is 6.33. The van der Waals surface area contributed by atoms with Crippen LogP contribution in [0.2, 0.25) is 0 Å². The average molecular weight is 435 g/mol. The number of aryl methyl sites for hydroxylation is 1. The molecule has 0 unspecified atom stereocenters. The fourth-order valence-corrected chi connectivity index (χ4v) is 4.43. The second-order valence-corrected chi connectivity index (χ2v) is 8.59. The molecule has 0 bridgehead atoms. The Balaban J connectivity index is 1.61. The van der Waals surface area contributed by atoms with Gasteiger partial charge in [0.05, 0.1) is 18.9 Å². The molecule has 0 aliphatic heterocycles. The van der Waals surface area contributed by atoms with Crippen LogP contribution in [-0.4, -0.2) is 33.1 Å². The van der Waals surface area contributed by atoms with Crippen molar-refractivity contribution in [1.82, 2.24) is 9.47 Å². The van der Waals surface area contributed by atoms with Gasteiger partial charge in [-0.3, -0.25) is 9.59 Å². The zero-order valence-electron chi connectivity index (χ0n) is 18.4. The molecule has 1 fully saturated rings. The van der Waals surface area contributed by atoms with Gasteiger partial charge in [-0.1, -0.05) is 30.3 Å². The molecule has 1 saturated carbocycles. The van der Waals surface area contributed by atoms with Crippen molar-refractivity contribution in [3.05, 3.63) is 93.8 Å². The van der Waals surface area contributed by atoms with Crippen LogP contribution < -0.4 is 5.56 Å². The molecule has 0 radical (unpaired) electrons. The summed E-state index contributed by atoms with van der Waals surface area (Å²) in [6.45, 7) is 2.60. The molecule has 1 amide bonds. The van der Waals surface area contributed by atoms with E-state index < -0.39 is 0 Å². The van der Waals surface area contributed by atoms with Crippen molar-refractivity contribution in [2.45, 2.75) is 57.7 Å². The summed E-state index contributed by atoms with van der Waals surface area (Å²) in [7, 11) is 0. The molecular weight excluding hydrogens is 404 g/mol. The highest BCUT2D eigenvalue weighted by Crippen LogP contribution is 2.27. The van der Waals surface area contributed by atoms with E-state index in [2.05, 4.69) is 0 Å². The Morgan fingerprint density at radius 3 is 2.53 bits per heavy atom. The number of nitrogens with zero attached hydrogens (tertiary/aromatic N) is 2.